The van der Waals surface area contributed by atoms with E-state index in [1.54, 1.807) is 18.2 Å². The van der Waals surface area contributed by atoms with Gasteiger partial charge in [-0.15, -0.1) is 0 Å². The molecule has 0 fully saturated rings. The number of aromatic nitrogens is 2. The summed E-state index contributed by atoms with van der Waals surface area (Å²) in [6.45, 7) is 0. The van der Waals surface area contributed by atoms with Crippen LogP contribution in [-0.4, -0.2) is 35.3 Å². The Morgan fingerprint density at radius 3 is 2.50 bits per heavy atom. The molecule has 7 nitrogen and oxygen atoms in total. The largest absolute Gasteiger partial charge is 0.493 e. The Kier molecular flexibility index (Phi) is 3.69. The van der Waals surface area contributed by atoms with Gasteiger partial charge in [0.25, 0.3) is 5.56 Å². The molecule has 7 heteroatoms. The summed E-state index contributed by atoms with van der Waals surface area (Å²) in [5.41, 5.74) is -0.539. The molecule has 0 atom stereocenters. The maximum absolute atomic E-state index is 11.6. The Balaban J connectivity index is 2.49. The molecule has 1 aromatic carbocycles. The average molecular weight is 276 g/mol. The summed E-state index contributed by atoms with van der Waals surface area (Å²) in [4.78, 5) is 28.7. The van der Waals surface area contributed by atoms with Gasteiger partial charge < -0.3 is 19.6 Å². The first-order valence-corrected chi connectivity index (χ1v) is 5.62. The summed E-state index contributed by atoms with van der Waals surface area (Å²) in [5, 5.41) is 8.78. The molecule has 2 N–H and O–H groups in total. The first-order chi connectivity index (χ1) is 9.56. The van der Waals surface area contributed by atoms with Crippen LogP contribution in [0.15, 0.2) is 29.2 Å². The van der Waals surface area contributed by atoms with Crippen LogP contribution >= 0.6 is 0 Å². The summed E-state index contributed by atoms with van der Waals surface area (Å²) in [6.07, 6.45) is 1.02. The molecular formula is C13H12N2O5. The number of aromatic carboxylic acids is 1. The molecule has 104 valence electrons. The standard InChI is InChI=1S/C13H12N2O5/c1-19-9-4-3-7(5-10(9)20-2)11-14-6-8(13(17)18)12(16)15-11/h3-6H,1-2H3,(H,17,18)(H,14,15,16). The summed E-state index contributed by atoms with van der Waals surface area (Å²) in [7, 11) is 3.00. The van der Waals surface area contributed by atoms with Gasteiger partial charge in [0, 0.05) is 11.8 Å². The van der Waals surface area contributed by atoms with Crippen LogP contribution in [-0.2, 0) is 0 Å². The number of ether oxygens (including phenoxy) is 2. The van der Waals surface area contributed by atoms with Crippen LogP contribution in [0.1, 0.15) is 10.4 Å². The second-order valence-corrected chi connectivity index (χ2v) is 3.85. The number of aromatic amines is 1. The van der Waals surface area contributed by atoms with Crippen molar-refractivity contribution in [1.82, 2.24) is 9.97 Å². The van der Waals surface area contributed by atoms with Crippen molar-refractivity contribution >= 4 is 5.97 Å². The monoisotopic (exact) mass is 276 g/mol. The molecular weight excluding hydrogens is 264 g/mol. The van der Waals surface area contributed by atoms with Crippen molar-refractivity contribution in [3.05, 3.63) is 40.3 Å². The van der Waals surface area contributed by atoms with E-state index < -0.39 is 17.1 Å². The van der Waals surface area contributed by atoms with Crippen molar-refractivity contribution in [2.45, 2.75) is 0 Å². The van der Waals surface area contributed by atoms with E-state index in [1.807, 2.05) is 0 Å². The lowest BCUT2D eigenvalue weighted by Crippen LogP contribution is -2.18. The number of methoxy groups -OCH3 is 2. The predicted molar refractivity (Wildman–Crippen MR) is 70.4 cm³/mol. The van der Waals surface area contributed by atoms with E-state index in [2.05, 4.69) is 9.97 Å². The fourth-order valence-corrected chi connectivity index (χ4v) is 1.68. The number of hydrogen-bond acceptors (Lipinski definition) is 5. The molecule has 1 aromatic heterocycles. The molecule has 0 spiro atoms. The van der Waals surface area contributed by atoms with Crippen LogP contribution in [0.4, 0.5) is 0 Å². The van der Waals surface area contributed by atoms with Crippen LogP contribution in [0.5, 0.6) is 11.5 Å². The zero-order valence-electron chi connectivity index (χ0n) is 10.8. The van der Waals surface area contributed by atoms with Gasteiger partial charge in [0.1, 0.15) is 11.4 Å². The molecule has 2 rings (SSSR count). The molecule has 0 unspecified atom stereocenters. The van der Waals surface area contributed by atoms with Gasteiger partial charge in [0.2, 0.25) is 0 Å². The van der Waals surface area contributed by atoms with Crippen LogP contribution in [0.2, 0.25) is 0 Å². The van der Waals surface area contributed by atoms with E-state index in [9.17, 15) is 9.59 Å². The number of rotatable bonds is 4. The van der Waals surface area contributed by atoms with Gasteiger partial charge in [-0.2, -0.15) is 0 Å². The number of benzene rings is 1. The fourth-order valence-electron chi connectivity index (χ4n) is 1.68. The highest BCUT2D eigenvalue weighted by Crippen LogP contribution is 2.30. The molecule has 0 saturated heterocycles. The maximum Gasteiger partial charge on any atom is 0.342 e. The van der Waals surface area contributed by atoms with Gasteiger partial charge in [-0.25, -0.2) is 9.78 Å². The topological polar surface area (TPSA) is 102 Å². The molecule has 0 amide bonds. The van der Waals surface area contributed by atoms with E-state index in [0.29, 0.717) is 17.1 Å². The van der Waals surface area contributed by atoms with E-state index in [4.69, 9.17) is 14.6 Å². The quantitative estimate of drug-likeness (QED) is 0.868. The van der Waals surface area contributed by atoms with Gasteiger partial charge in [-0.1, -0.05) is 0 Å². The zero-order chi connectivity index (χ0) is 14.7. The molecule has 0 aliphatic heterocycles. The van der Waals surface area contributed by atoms with Gasteiger partial charge in [0.05, 0.1) is 14.2 Å². The minimum Gasteiger partial charge on any atom is -0.493 e. The average Bonchev–Trinajstić information content (AvgIpc) is 2.45. The van der Waals surface area contributed by atoms with Crippen molar-refractivity contribution in [1.29, 1.82) is 0 Å². The van der Waals surface area contributed by atoms with Crippen LogP contribution in [0, 0.1) is 0 Å². The highest BCUT2D eigenvalue weighted by atomic mass is 16.5. The number of carbonyl (C=O) groups is 1. The number of nitrogens with zero attached hydrogens (tertiary/aromatic N) is 1. The minimum absolute atomic E-state index is 0.251. The number of carboxylic acids is 1. The number of nitrogens with one attached hydrogen (secondary N) is 1. The zero-order valence-corrected chi connectivity index (χ0v) is 10.8. The van der Waals surface area contributed by atoms with Crippen molar-refractivity contribution in [3.8, 4) is 22.9 Å². The second-order valence-electron chi connectivity index (χ2n) is 3.85. The Labute approximate surface area is 113 Å². The van der Waals surface area contributed by atoms with Gasteiger partial charge in [-0.3, -0.25) is 4.79 Å². The lowest BCUT2D eigenvalue weighted by atomic mass is 10.2. The molecule has 0 saturated carbocycles. The normalized spacial score (nSPS) is 10.1. The fraction of sp³-hybridized carbons (Fsp3) is 0.154. The van der Waals surface area contributed by atoms with E-state index in [0.717, 1.165) is 6.20 Å². The lowest BCUT2D eigenvalue weighted by Gasteiger charge is -2.09. The van der Waals surface area contributed by atoms with Crippen LogP contribution < -0.4 is 15.0 Å². The van der Waals surface area contributed by atoms with Crippen molar-refractivity contribution in [3.63, 3.8) is 0 Å². The molecule has 2 aromatic rings. The summed E-state index contributed by atoms with van der Waals surface area (Å²) in [5.74, 6) is -0.0470. The Hall–Kier alpha value is -2.83. The smallest absolute Gasteiger partial charge is 0.342 e. The summed E-state index contributed by atoms with van der Waals surface area (Å²) in [6, 6.07) is 4.98. The molecule has 0 bridgehead atoms. The van der Waals surface area contributed by atoms with Gasteiger partial charge in [-0.05, 0) is 18.2 Å². The minimum atomic E-state index is -1.32. The van der Waals surface area contributed by atoms with E-state index in [1.165, 1.54) is 14.2 Å². The lowest BCUT2D eigenvalue weighted by molar-refractivity contribution is 0.0694. The third-order valence-corrected chi connectivity index (χ3v) is 2.69. The highest BCUT2D eigenvalue weighted by molar-refractivity contribution is 5.86. The number of H-pyrrole nitrogens is 1. The van der Waals surface area contributed by atoms with Crippen molar-refractivity contribution in [2.75, 3.05) is 14.2 Å². The Morgan fingerprint density at radius 1 is 1.25 bits per heavy atom. The Morgan fingerprint density at radius 2 is 1.95 bits per heavy atom. The van der Waals surface area contributed by atoms with Crippen molar-refractivity contribution < 1.29 is 19.4 Å². The summed E-state index contributed by atoms with van der Waals surface area (Å²) < 4.78 is 10.3. The highest BCUT2D eigenvalue weighted by Gasteiger charge is 2.12. The first-order valence-electron chi connectivity index (χ1n) is 5.62. The molecule has 0 aliphatic carbocycles. The SMILES string of the molecule is COc1ccc(-c2ncc(C(=O)O)c(=O)[nH]2)cc1OC. The van der Waals surface area contributed by atoms with Crippen LogP contribution in [0.3, 0.4) is 0 Å². The van der Waals surface area contributed by atoms with E-state index >= 15 is 0 Å². The molecule has 1 heterocycles. The first kappa shape index (κ1) is 13.6. The van der Waals surface area contributed by atoms with Crippen molar-refractivity contribution in [2.24, 2.45) is 0 Å². The second kappa shape index (κ2) is 5.43. The molecule has 0 radical (unpaired) electrons. The third kappa shape index (κ3) is 2.46. The molecule has 20 heavy (non-hydrogen) atoms. The van der Waals surface area contributed by atoms with E-state index in [-0.39, 0.29) is 5.82 Å². The summed E-state index contributed by atoms with van der Waals surface area (Å²) >= 11 is 0. The van der Waals surface area contributed by atoms with Gasteiger partial charge >= 0.3 is 5.97 Å². The molecule has 0 aliphatic rings. The maximum atomic E-state index is 11.6. The van der Waals surface area contributed by atoms with Crippen LogP contribution in [0.25, 0.3) is 11.4 Å². The predicted octanol–water partition coefficient (Wildman–Crippen LogP) is 1.15. The number of hydrogen-bond donors (Lipinski definition) is 2. The van der Waals surface area contributed by atoms with Gasteiger partial charge in [0.15, 0.2) is 11.5 Å². The third-order valence-electron chi connectivity index (χ3n) is 2.69. The number of carboxylic acid groups (broad SMARTS) is 1. The Bertz CT molecular complexity index is 708.